The van der Waals surface area contributed by atoms with Gasteiger partial charge in [-0.15, -0.1) is 0 Å². The van der Waals surface area contributed by atoms with Gasteiger partial charge >= 0.3 is 0 Å². The van der Waals surface area contributed by atoms with Crippen molar-refractivity contribution in [2.24, 2.45) is 0 Å². The Morgan fingerprint density at radius 1 is 1.33 bits per heavy atom. The van der Waals surface area contributed by atoms with Gasteiger partial charge in [-0.25, -0.2) is 0 Å². The van der Waals surface area contributed by atoms with Gasteiger partial charge in [0.1, 0.15) is 6.61 Å². The first-order valence-electron chi connectivity index (χ1n) is 5.79. The lowest BCUT2D eigenvalue weighted by Crippen LogP contribution is -1.97. The minimum Gasteiger partial charge on any atom is -0.486 e. The number of ether oxygens (including phenoxy) is 1. The van der Waals surface area contributed by atoms with Gasteiger partial charge in [-0.2, -0.15) is 5.10 Å². The average molecular weight is 285 g/mol. The average Bonchev–Trinajstić information content (AvgIpc) is 2.79. The summed E-state index contributed by atoms with van der Waals surface area (Å²) >= 11 is 12.0. The molecule has 0 fully saturated rings. The van der Waals surface area contributed by atoms with E-state index in [0.717, 1.165) is 24.3 Å². The molecule has 1 aromatic carbocycles. The van der Waals surface area contributed by atoms with Gasteiger partial charge in [0.2, 0.25) is 0 Å². The van der Waals surface area contributed by atoms with Crippen molar-refractivity contribution in [3.63, 3.8) is 0 Å². The van der Waals surface area contributed by atoms with Crippen LogP contribution in [0.15, 0.2) is 30.6 Å². The molecule has 0 bridgehead atoms. The Kier molecular flexibility index (Phi) is 4.50. The molecule has 0 spiro atoms. The SMILES string of the molecule is CCCn1cc(OCc2cccc(Cl)c2Cl)cn1. The van der Waals surface area contributed by atoms with Crippen molar-refractivity contribution >= 4 is 23.2 Å². The van der Waals surface area contributed by atoms with Crippen LogP contribution in [0.3, 0.4) is 0 Å². The third kappa shape index (κ3) is 3.18. The molecule has 0 atom stereocenters. The van der Waals surface area contributed by atoms with E-state index in [4.69, 9.17) is 27.9 Å². The summed E-state index contributed by atoms with van der Waals surface area (Å²) in [5.74, 6) is 0.736. The Bertz CT molecular complexity index is 525. The number of aryl methyl sites for hydroxylation is 1. The van der Waals surface area contributed by atoms with Crippen molar-refractivity contribution in [1.29, 1.82) is 0 Å². The first-order chi connectivity index (χ1) is 8.70. The molecule has 1 aromatic heterocycles. The lowest BCUT2D eigenvalue weighted by Gasteiger charge is -2.06. The summed E-state index contributed by atoms with van der Waals surface area (Å²) < 4.78 is 7.48. The Morgan fingerprint density at radius 3 is 2.94 bits per heavy atom. The van der Waals surface area contributed by atoms with E-state index < -0.39 is 0 Å². The summed E-state index contributed by atoms with van der Waals surface area (Å²) in [6, 6.07) is 5.50. The second-order valence-corrected chi connectivity index (χ2v) is 4.73. The lowest BCUT2D eigenvalue weighted by atomic mass is 10.2. The van der Waals surface area contributed by atoms with Gasteiger partial charge in [-0.1, -0.05) is 42.3 Å². The molecule has 0 unspecified atom stereocenters. The van der Waals surface area contributed by atoms with Crippen molar-refractivity contribution < 1.29 is 4.74 Å². The predicted molar refractivity (Wildman–Crippen MR) is 73.3 cm³/mol. The Morgan fingerprint density at radius 2 is 2.17 bits per heavy atom. The van der Waals surface area contributed by atoms with E-state index in [1.54, 1.807) is 12.3 Å². The van der Waals surface area contributed by atoms with Crippen molar-refractivity contribution in [3.8, 4) is 5.75 Å². The van der Waals surface area contributed by atoms with E-state index in [-0.39, 0.29) is 0 Å². The molecule has 3 nitrogen and oxygen atoms in total. The highest BCUT2D eigenvalue weighted by atomic mass is 35.5. The zero-order valence-corrected chi connectivity index (χ0v) is 11.6. The summed E-state index contributed by atoms with van der Waals surface area (Å²) in [5.41, 5.74) is 0.868. The summed E-state index contributed by atoms with van der Waals surface area (Å²) in [7, 11) is 0. The maximum absolute atomic E-state index is 6.08. The first-order valence-corrected chi connectivity index (χ1v) is 6.54. The van der Waals surface area contributed by atoms with Gasteiger partial charge in [0, 0.05) is 12.1 Å². The fourth-order valence-corrected chi connectivity index (χ4v) is 1.97. The fraction of sp³-hybridized carbons (Fsp3) is 0.308. The molecule has 2 aromatic rings. The summed E-state index contributed by atoms with van der Waals surface area (Å²) in [4.78, 5) is 0. The molecule has 2 rings (SSSR count). The quantitative estimate of drug-likeness (QED) is 0.824. The van der Waals surface area contributed by atoms with Crippen LogP contribution in [0, 0.1) is 0 Å². The van der Waals surface area contributed by atoms with Gasteiger partial charge in [-0.05, 0) is 12.5 Å². The molecule has 0 aliphatic rings. The highest BCUT2D eigenvalue weighted by molar-refractivity contribution is 6.42. The Balaban J connectivity index is 2.00. The highest BCUT2D eigenvalue weighted by Gasteiger charge is 2.06. The van der Waals surface area contributed by atoms with Gasteiger partial charge in [0.15, 0.2) is 5.75 Å². The molecule has 0 aliphatic heterocycles. The predicted octanol–water partition coefficient (Wildman–Crippen LogP) is 4.18. The third-order valence-electron chi connectivity index (χ3n) is 2.49. The second kappa shape index (κ2) is 6.12. The van der Waals surface area contributed by atoms with Crippen LogP contribution in [0.25, 0.3) is 0 Å². The molecule has 0 aliphatic carbocycles. The van der Waals surface area contributed by atoms with Gasteiger partial charge in [-0.3, -0.25) is 4.68 Å². The summed E-state index contributed by atoms with van der Waals surface area (Å²) in [5, 5.41) is 5.27. The first kappa shape index (κ1) is 13.2. The number of nitrogens with zero attached hydrogens (tertiary/aromatic N) is 2. The van der Waals surface area contributed by atoms with Crippen LogP contribution in [-0.2, 0) is 13.2 Å². The Labute approximate surface area is 116 Å². The molecular formula is C13H14Cl2N2O. The van der Waals surface area contributed by atoms with E-state index in [1.165, 1.54) is 0 Å². The summed E-state index contributed by atoms with van der Waals surface area (Å²) in [6.07, 6.45) is 4.62. The van der Waals surface area contributed by atoms with Gasteiger partial charge in [0.05, 0.1) is 22.4 Å². The Hall–Kier alpha value is -1.19. The zero-order chi connectivity index (χ0) is 13.0. The van der Waals surface area contributed by atoms with Crippen molar-refractivity contribution in [3.05, 3.63) is 46.2 Å². The van der Waals surface area contributed by atoms with Crippen molar-refractivity contribution in [1.82, 2.24) is 9.78 Å². The third-order valence-corrected chi connectivity index (χ3v) is 3.35. The smallest absolute Gasteiger partial charge is 0.157 e. The molecule has 0 saturated carbocycles. The van der Waals surface area contributed by atoms with Crippen molar-refractivity contribution in [2.45, 2.75) is 26.5 Å². The number of halogens is 2. The molecule has 0 N–H and O–H groups in total. The molecule has 0 amide bonds. The number of hydrogen-bond donors (Lipinski definition) is 0. The minimum atomic E-state index is 0.386. The normalized spacial score (nSPS) is 10.6. The van der Waals surface area contributed by atoms with Crippen LogP contribution in [0.5, 0.6) is 5.75 Å². The largest absolute Gasteiger partial charge is 0.486 e. The molecule has 18 heavy (non-hydrogen) atoms. The highest BCUT2D eigenvalue weighted by Crippen LogP contribution is 2.26. The number of benzene rings is 1. The molecule has 1 heterocycles. The van der Waals surface area contributed by atoms with Crippen LogP contribution in [0.2, 0.25) is 10.0 Å². The van der Waals surface area contributed by atoms with Crippen LogP contribution in [0.4, 0.5) is 0 Å². The molecular weight excluding hydrogens is 271 g/mol. The minimum absolute atomic E-state index is 0.386. The van der Waals surface area contributed by atoms with E-state index in [1.807, 2.05) is 23.0 Å². The zero-order valence-electron chi connectivity index (χ0n) is 10.1. The molecule has 0 radical (unpaired) electrons. The maximum Gasteiger partial charge on any atom is 0.157 e. The van der Waals surface area contributed by atoms with E-state index in [0.29, 0.717) is 16.7 Å². The molecule has 0 saturated heterocycles. The van der Waals surface area contributed by atoms with Crippen LogP contribution >= 0.6 is 23.2 Å². The van der Waals surface area contributed by atoms with Crippen LogP contribution in [0.1, 0.15) is 18.9 Å². The molecule has 96 valence electrons. The fourth-order valence-electron chi connectivity index (χ4n) is 1.59. The standard InChI is InChI=1S/C13H14Cl2N2O/c1-2-6-17-8-11(7-16-17)18-9-10-4-3-5-12(14)13(10)15/h3-5,7-8H,2,6,9H2,1H3. The van der Waals surface area contributed by atoms with E-state index in [9.17, 15) is 0 Å². The van der Waals surface area contributed by atoms with Gasteiger partial charge < -0.3 is 4.74 Å². The van der Waals surface area contributed by atoms with Crippen LogP contribution < -0.4 is 4.74 Å². The monoisotopic (exact) mass is 284 g/mol. The number of rotatable bonds is 5. The topological polar surface area (TPSA) is 27.1 Å². The second-order valence-electron chi connectivity index (χ2n) is 3.94. The van der Waals surface area contributed by atoms with Gasteiger partial charge in [0.25, 0.3) is 0 Å². The lowest BCUT2D eigenvalue weighted by molar-refractivity contribution is 0.306. The number of hydrogen-bond acceptors (Lipinski definition) is 2. The van der Waals surface area contributed by atoms with Crippen LogP contribution in [-0.4, -0.2) is 9.78 Å². The van der Waals surface area contributed by atoms with E-state index in [2.05, 4.69) is 12.0 Å². The maximum atomic E-state index is 6.08. The van der Waals surface area contributed by atoms with E-state index >= 15 is 0 Å². The van der Waals surface area contributed by atoms with Crippen molar-refractivity contribution in [2.75, 3.05) is 0 Å². The number of aromatic nitrogens is 2. The molecule has 5 heteroatoms. The summed E-state index contributed by atoms with van der Waals surface area (Å²) in [6.45, 7) is 3.38.